The van der Waals surface area contributed by atoms with Gasteiger partial charge in [0, 0.05) is 4.88 Å². The average molecular weight is 388 g/mol. The van der Waals surface area contributed by atoms with Crippen molar-refractivity contribution in [3.8, 4) is 5.75 Å². The van der Waals surface area contributed by atoms with E-state index in [0.29, 0.717) is 28.8 Å². The molecule has 0 saturated carbocycles. The van der Waals surface area contributed by atoms with Crippen LogP contribution in [0.4, 0.5) is 5.69 Å². The molecule has 6 heteroatoms. The van der Waals surface area contributed by atoms with Crippen LogP contribution in [-0.4, -0.2) is 24.6 Å². The van der Waals surface area contributed by atoms with E-state index in [1.165, 1.54) is 21.8 Å². The molecule has 5 nitrogen and oxygen atoms in total. The molecule has 1 aliphatic rings. The van der Waals surface area contributed by atoms with Crippen LogP contribution in [0.3, 0.4) is 0 Å². The summed E-state index contributed by atoms with van der Waals surface area (Å²) < 4.78 is 10.9. The van der Waals surface area contributed by atoms with Crippen molar-refractivity contribution in [2.45, 2.75) is 46.1 Å². The number of anilines is 1. The second-order valence-corrected chi connectivity index (χ2v) is 8.01. The van der Waals surface area contributed by atoms with Gasteiger partial charge in [-0.25, -0.2) is 4.79 Å². The van der Waals surface area contributed by atoms with Crippen molar-refractivity contribution in [3.63, 3.8) is 0 Å². The van der Waals surface area contributed by atoms with Crippen LogP contribution in [0, 0.1) is 5.92 Å². The number of nitrogens with one attached hydrogen (secondary N) is 1. The van der Waals surface area contributed by atoms with Crippen LogP contribution in [0.1, 0.15) is 47.3 Å². The van der Waals surface area contributed by atoms with Crippen molar-refractivity contribution in [1.29, 1.82) is 0 Å². The Kier molecular flexibility index (Phi) is 6.16. The zero-order valence-electron chi connectivity index (χ0n) is 15.9. The molecule has 1 aromatic heterocycles. The molecule has 3 rings (SSSR count). The predicted octanol–water partition coefficient (Wildman–Crippen LogP) is 4.46. The Hall–Kier alpha value is -2.34. The van der Waals surface area contributed by atoms with Crippen LogP contribution in [0.2, 0.25) is 0 Å². The largest absolute Gasteiger partial charge is 0.492 e. The normalized spacial score (nSPS) is 16.9. The van der Waals surface area contributed by atoms with E-state index in [1.54, 1.807) is 19.1 Å². The Balaban J connectivity index is 1.62. The molecule has 1 aliphatic carbocycles. The molecule has 144 valence electrons. The summed E-state index contributed by atoms with van der Waals surface area (Å²) in [5.74, 6) is 0.409. The smallest absolute Gasteiger partial charge is 0.349 e. The zero-order chi connectivity index (χ0) is 19.4. The third-order valence-corrected chi connectivity index (χ3v) is 5.85. The first-order valence-corrected chi connectivity index (χ1v) is 10.1. The van der Waals surface area contributed by atoms with Gasteiger partial charge in [-0.2, -0.15) is 0 Å². The molecule has 1 N–H and O–H groups in total. The summed E-state index contributed by atoms with van der Waals surface area (Å²) >= 11 is 1.49. The summed E-state index contributed by atoms with van der Waals surface area (Å²) in [7, 11) is 0. The summed E-state index contributed by atoms with van der Waals surface area (Å²) in [6, 6.07) is 9.11. The highest BCUT2D eigenvalue weighted by atomic mass is 32.1. The van der Waals surface area contributed by atoms with Crippen molar-refractivity contribution >= 4 is 28.9 Å². The number of fused-ring (bicyclic) bond motifs is 1. The fraction of sp³-hybridized carbons (Fsp3) is 0.429. The van der Waals surface area contributed by atoms with E-state index < -0.39 is 12.1 Å². The minimum Gasteiger partial charge on any atom is -0.492 e. The fourth-order valence-electron chi connectivity index (χ4n) is 3.16. The van der Waals surface area contributed by atoms with Crippen LogP contribution in [0.15, 0.2) is 30.3 Å². The lowest BCUT2D eigenvalue weighted by Gasteiger charge is -2.16. The van der Waals surface area contributed by atoms with Crippen molar-refractivity contribution in [2.24, 2.45) is 5.92 Å². The van der Waals surface area contributed by atoms with Gasteiger partial charge in [0.2, 0.25) is 0 Å². The van der Waals surface area contributed by atoms with Crippen molar-refractivity contribution in [1.82, 2.24) is 0 Å². The van der Waals surface area contributed by atoms with Crippen LogP contribution in [0.5, 0.6) is 5.75 Å². The van der Waals surface area contributed by atoms with Crippen LogP contribution in [-0.2, 0) is 22.4 Å². The number of para-hydroxylation sites is 2. The molecular weight excluding hydrogens is 362 g/mol. The van der Waals surface area contributed by atoms with Crippen LogP contribution in [0.25, 0.3) is 0 Å². The third kappa shape index (κ3) is 4.69. The maximum atomic E-state index is 12.5. The number of ether oxygens (including phenoxy) is 2. The Morgan fingerprint density at radius 3 is 2.89 bits per heavy atom. The van der Waals surface area contributed by atoms with E-state index in [0.717, 1.165) is 19.3 Å². The van der Waals surface area contributed by atoms with Gasteiger partial charge in [0.25, 0.3) is 5.91 Å². The van der Waals surface area contributed by atoms with E-state index >= 15 is 0 Å². The second kappa shape index (κ2) is 8.57. The van der Waals surface area contributed by atoms with Crippen LogP contribution >= 0.6 is 11.3 Å². The van der Waals surface area contributed by atoms with Gasteiger partial charge in [0.15, 0.2) is 6.10 Å². The topological polar surface area (TPSA) is 64.6 Å². The van der Waals surface area contributed by atoms with Crippen molar-refractivity contribution in [2.75, 3.05) is 11.9 Å². The highest BCUT2D eigenvalue weighted by Crippen LogP contribution is 2.32. The van der Waals surface area contributed by atoms with Gasteiger partial charge in [0.05, 0.1) is 12.3 Å². The van der Waals surface area contributed by atoms with Gasteiger partial charge in [-0.05, 0) is 62.8 Å². The lowest BCUT2D eigenvalue weighted by Crippen LogP contribution is -2.30. The highest BCUT2D eigenvalue weighted by molar-refractivity contribution is 7.14. The second-order valence-electron chi connectivity index (χ2n) is 6.87. The third-order valence-electron chi connectivity index (χ3n) is 4.63. The lowest BCUT2D eigenvalue weighted by atomic mass is 9.90. The van der Waals surface area contributed by atoms with Crippen molar-refractivity contribution in [3.05, 3.63) is 45.6 Å². The molecule has 0 unspecified atom stereocenters. The summed E-state index contributed by atoms with van der Waals surface area (Å²) in [5, 5.41) is 2.77. The van der Waals surface area contributed by atoms with Crippen molar-refractivity contribution < 1.29 is 19.1 Å². The average Bonchev–Trinajstić information content (AvgIpc) is 3.06. The molecule has 1 heterocycles. The number of carbonyl (C=O) groups excluding carboxylic acids is 2. The molecule has 2 atom stereocenters. The number of rotatable bonds is 6. The first-order chi connectivity index (χ1) is 13.0. The molecule has 0 fully saturated rings. The number of hydrogen-bond acceptors (Lipinski definition) is 5. The van der Waals surface area contributed by atoms with E-state index in [9.17, 15) is 9.59 Å². The standard InChI is InChI=1S/C21H25NO4S/c1-4-25-17-8-6-5-7-16(17)22-20(23)14(3)26-21(24)19-12-15-11-13(2)9-10-18(15)27-19/h5-8,12-14H,4,9-11H2,1-3H3,(H,22,23)/t13-,14+/m1/s1. The zero-order valence-corrected chi connectivity index (χ0v) is 16.7. The number of aryl methyl sites for hydroxylation is 1. The Labute approximate surface area is 163 Å². The van der Waals surface area contributed by atoms with Gasteiger partial charge in [-0.1, -0.05) is 19.1 Å². The Morgan fingerprint density at radius 2 is 2.11 bits per heavy atom. The summed E-state index contributed by atoms with van der Waals surface area (Å²) in [6.07, 6.45) is 2.27. The molecule has 0 aliphatic heterocycles. The molecular formula is C21H25NO4S. The summed E-state index contributed by atoms with van der Waals surface area (Å²) in [4.78, 5) is 26.7. The number of esters is 1. The SMILES string of the molecule is CCOc1ccccc1NC(=O)[C@H](C)OC(=O)c1cc2c(s1)CC[C@@H](C)C2. The lowest BCUT2D eigenvalue weighted by molar-refractivity contribution is -0.123. The monoisotopic (exact) mass is 387 g/mol. The number of benzene rings is 1. The molecule has 27 heavy (non-hydrogen) atoms. The molecule has 0 saturated heterocycles. The van der Waals surface area contributed by atoms with Gasteiger partial charge < -0.3 is 14.8 Å². The first-order valence-electron chi connectivity index (χ1n) is 9.33. The number of amides is 1. The quantitative estimate of drug-likeness (QED) is 0.744. The minimum atomic E-state index is -0.898. The number of hydrogen-bond donors (Lipinski definition) is 1. The fourth-order valence-corrected chi connectivity index (χ4v) is 4.26. The van der Waals surface area contributed by atoms with Gasteiger partial charge in [-0.3, -0.25) is 4.79 Å². The molecule has 2 aromatic rings. The summed E-state index contributed by atoms with van der Waals surface area (Å²) in [6.45, 7) is 6.18. The molecule has 0 radical (unpaired) electrons. The molecule has 0 spiro atoms. The molecule has 1 amide bonds. The van der Waals surface area contributed by atoms with E-state index in [2.05, 4.69) is 12.2 Å². The molecule has 0 bridgehead atoms. The maximum Gasteiger partial charge on any atom is 0.349 e. The first kappa shape index (κ1) is 19.4. The predicted molar refractivity (Wildman–Crippen MR) is 107 cm³/mol. The van der Waals surface area contributed by atoms with Gasteiger partial charge in [-0.15, -0.1) is 11.3 Å². The van der Waals surface area contributed by atoms with Gasteiger partial charge >= 0.3 is 5.97 Å². The Morgan fingerprint density at radius 1 is 1.33 bits per heavy atom. The number of carbonyl (C=O) groups is 2. The van der Waals surface area contributed by atoms with Gasteiger partial charge in [0.1, 0.15) is 10.6 Å². The molecule has 1 aromatic carbocycles. The van der Waals surface area contributed by atoms with E-state index in [1.807, 2.05) is 25.1 Å². The Bertz CT molecular complexity index is 829. The highest BCUT2D eigenvalue weighted by Gasteiger charge is 2.24. The van der Waals surface area contributed by atoms with Crippen LogP contribution < -0.4 is 10.1 Å². The maximum absolute atomic E-state index is 12.5. The minimum absolute atomic E-state index is 0.384. The van der Waals surface area contributed by atoms with E-state index in [-0.39, 0.29) is 5.91 Å². The number of thiophene rings is 1. The van der Waals surface area contributed by atoms with E-state index in [4.69, 9.17) is 9.47 Å². The summed E-state index contributed by atoms with van der Waals surface area (Å²) in [5.41, 5.74) is 1.81.